The Labute approximate surface area is 98.2 Å². The molecular formula is C12H23N3O. The van der Waals surface area contributed by atoms with E-state index in [9.17, 15) is 4.79 Å². The summed E-state index contributed by atoms with van der Waals surface area (Å²) in [5, 5.41) is 3.04. The molecule has 92 valence electrons. The van der Waals surface area contributed by atoms with Gasteiger partial charge in [-0.05, 0) is 38.9 Å². The van der Waals surface area contributed by atoms with E-state index in [1.54, 1.807) is 6.08 Å². The van der Waals surface area contributed by atoms with Gasteiger partial charge in [-0.1, -0.05) is 19.2 Å². The van der Waals surface area contributed by atoms with Crippen LogP contribution >= 0.6 is 0 Å². The van der Waals surface area contributed by atoms with Gasteiger partial charge in [0.1, 0.15) is 0 Å². The van der Waals surface area contributed by atoms with E-state index in [1.165, 1.54) is 0 Å². The summed E-state index contributed by atoms with van der Waals surface area (Å²) in [6, 6.07) is 0.0127. The van der Waals surface area contributed by atoms with Crippen LogP contribution in [0.4, 0.5) is 0 Å². The Morgan fingerprint density at radius 2 is 2.12 bits per heavy atom. The highest BCUT2D eigenvalue weighted by molar-refractivity contribution is 5.75. The molecule has 0 aromatic carbocycles. The van der Waals surface area contributed by atoms with Gasteiger partial charge in [-0.25, -0.2) is 5.43 Å². The summed E-state index contributed by atoms with van der Waals surface area (Å²) >= 11 is 0. The standard InChI is InChI=1S/C12H23N3O/c1-5-10(2)11(3)14-15-12(16)8-6-7-9-13-4/h5,11,13-14H,1-2,6-9H2,3-4H3,(H,15,16). The van der Waals surface area contributed by atoms with Crippen LogP contribution in [0.25, 0.3) is 0 Å². The summed E-state index contributed by atoms with van der Waals surface area (Å²) in [5.41, 5.74) is 6.40. The molecule has 0 aromatic heterocycles. The number of hydrogen-bond donors (Lipinski definition) is 3. The topological polar surface area (TPSA) is 53.2 Å². The number of nitrogens with one attached hydrogen (secondary N) is 3. The van der Waals surface area contributed by atoms with Crippen molar-refractivity contribution in [2.45, 2.75) is 32.2 Å². The first-order valence-corrected chi connectivity index (χ1v) is 5.62. The van der Waals surface area contributed by atoms with Gasteiger partial charge < -0.3 is 5.32 Å². The van der Waals surface area contributed by atoms with Crippen molar-refractivity contribution in [2.24, 2.45) is 0 Å². The Balaban J connectivity index is 3.57. The molecule has 0 aliphatic rings. The maximum absolute atomic E-state index is 11.4. The molecule has 3 N–H and O–H groups in total. The zero-order chi connectivity index (χ0) is 12.4. The van der Waals surface area contributed by atoms with Crippen LogP contribution < -0.4 is 16.2 Å². The lowest BCUT2D eigenvalue weighted by Gasteiger charge is -2.14. The van der Waals surface area contributed by atoms with Crippen molar-refractivity contribution in [3.8, 4) is 0 Å². The highest BCUT2D eigenvalue weighted by atomic mass is 16.2. The third-order valence-corrected chi connectivity index (χ3v) is 2.33. The maximum atomic E-state index is 11.4. The zero-order valence-corrected chi connectivity index (χ0v) is 10.3. The van der Waals surface area contributed by atoms with Crippen LogP contribution in [0.3, 0.4) is 0 Å². The third-order valence-electron chi connectivity index (χ3n) is 2.33. The van der Waals surface area contributed by atoms with Crippen molar-refractivity contribution in [1.29, 1.82) is 0 Å². The first kappa shape index (κ1) is 14.9. The van der Waals surface area contributed by atoms with Crippen LogP contribution in [0.15, 0.2) is 24.8 Å². The number of hydrazine groups is 1. The Bertz CT molecular complexity index is 238. The lowest BCUT2D eigenvalue weighted by atomic mass is 10.1. The third kappa shape index (κ3) is 7.20. The summed E-state index contributed by atoms with van der Waals surface area (Å²) in [5.74, 6) is 0.0137. The molecule has 0 aliphatic heterocycles. The molecule has 0 fully saturated rings. The second-order valence-corrected chi connectivity index (χ2v) is 3.75. The fourth-order valence-electron chi connectivity index (χ4n) is 1.11. The van der Waals surface area contributed by atoms with E-state index in [4.69, 9.17) is 0 Å². The molecule has 0 bridgehead atoms. The van der Waals surface area contributed by atoms with Gasteiger partial charge in [0.2, 0.25) is 5.91 Å². The average molecular weight is 225 g/mol. The van der Waals surface area contributed by atoms with Crippen molar-refractivity contribution in [3.63, 3.8) is 0 Å². The average Bonchev–Trinajstić information content (AvgIpc) is 2.30. The van der Waals surface area contributed by atoms with Gasteiger partial charge in [0.05, 0.1) is 0 Å². The molecule has 1 atom stereocenters. The van der Waals surface area contributed by atoms with Crippen LogP contribution in [0, 0.1) is 0 Å². The zero-order valence-electron chi connectivity index (χ0n) is 10.3. The van der Waals surface area contributed by atoms with Crippen LogP contribution in [-0.4, -0.2) is 25.5 Å². The Kier molecular flexibility index (Phi) is 8.48. The number of rotatable bonds is 9. The van der Waals surface area contributed by atoms with E-state index in [0.29, 0.717) is 6.42 Å². The van der Waals surface area contributed by atoms with Crippen LogP contribution in [-0.2, 0) is 4.79 Å². The minimum absolute atomic E-state index is 0.0127. The van der Waals surface area contributed by atoms with Crippen molar-refractivity contribution in [2.75, 3.05) is 13.6 Å². The van der Waals surface area contributed by atoms with Crippen molar-refractivity contribution in [3.05, 3.63) is 24.8 Å². The molecule has 0 spiro atoms. The summed E-state index contributed by atoms with van der Waals surface area (Å²) in [4.78, 5) is 11.4. The van der Waals surface area contributed by atoms with E-state index >= 15 is 0 Å². The van der Waals surface area contributed by atoms with Gasteiger partial charge in [0.25, 0.3) is 0 Å². The predicted octanol–water partition coefficient (Wildman–Crippen LogP) is 1.13. The lowest BCUT2D eigenvalue weighted by Crippen LogP contribution is -2.43. The molecule has 0 heterocycles. The smallest absolute Gasteiger partial charge is 0.234 e. The summed E-state index contributed by atoms with van der Waals surface area (Å²) in [7, 11) is 1.91. The fraction of sp³-hybridized carbons (Fsp3) is 0.583. The number of amides is 1. The van der Waals surface area contributed by atoms with Gasteiger partial charge in [-0.2, -0.15) is 0 Å². The number of hydrogen-bond acceptors (Lipinski definition) is 3. The Morgan fingerprint density at radius 3 is 2.69 bits per heavy atom. The molecule has 1 amide bonds. The first-order chi connectivity index (χ1) is 7.61. The van der Waals surface area contributed by atoms with E-state index in [0.717, 1.165) is 25.0 Å². The van der Waals surface area contributed by atoms with Crippen molar-refractivity contribution < 1.29 is 4.79 Å². The molecule has 0 radical (unpaired) electrons. The quantitative estimate of drug-likeness (QED) is 0.313. The number of carbonyl (C=O) groups is 1. The van der Waals surface area contributed by atoms with Crippen LogP contribution in [0.1, 0.15) is 26.2 Å². The monoisotopic (exact) mass is 225 g/mol. The van der Waals surface area contributed by atoms with Gasteiger partial charge in [0.15, 0.2) is 0 Å². The molecular weight excluding hydrogens is 202 g/mol. The second-order valence-electron chi connectivity index (χ2n) is 3.75. The SMILES string of the molecule is C=CC(=C)C(C)NNC(=O)CCCCNC. The molecule has 1 unspecified atom stereocenters. The van der Waals surface area contributed by atoms with Crippen LogP contribution in [0.5, 0.6) is 0 Å². The molecule has 0 aromatic rings. The largest absolute Gasteiger partial charge is 0.320 e. The molecule has 0 aliphatic carbocycles. The lowest BCUT2D eigenvalue weighted by molar-refractivity contribution is -0.122. The van der Waals surface area contributed by atoms with Gasteiger partial charge in [-0.3, -0.25) is 10.2 Å². The van der Waals surface area contributed by atoms with Gasteiger partial charge in [-0.15, -0.1) is 0 Å². The van der Waals surface area contributed by atoms with E-state index in [-0.39, 0.29) is 11.9 Å². The Morgan fingerprint density at radius 1 is 1.44 bits per heavy atom. The Hall–Kier alpha value is -1.13. The molecule has 16 heavy (non-hydrogen) atoms. The first-order valence-electron chi connectivity index (χ1n) is 5.62. The molecule has 0 rings (SSSR count). The van der Waals surface area contributed by atoms with Gasteiger partial charge >= 0.3 is 0 Å². The summed E-state index contributed by atoms with van der Waals surface area (Å²) in [6.45, 7) is 10.3. The fourth-order valence-corrected chi connectivity index (χ4v) is 1.11. The van der Waals surface area contributed by atoms with Crippen molar-refractivity contribution in [1.82, 2.24) is 16.2 Å². The van der Waals surface area contributed by atoms with E-state index in [2.05, 4.69) is 29.3 Å². The van der Waals surface area contributed by atoms with Crippen molar-refractivity contribution >= 4 is 5.91 Å². The molecule has 4 nitrogen and oxygen atoms in total. The number of carbonyl (C=O) groups excluding carboxylic acids is 1. The highest BCUT2D eigenvalue weighted by Gasteiger charge is 2.05. The molecule has 0 saturated carbocycles. The van der Waals surface area contributed by atoms with E-state index in [1.807, 2.05) is 14.0 Å². The van der Waals surface area contributed by atoms with E-state index < -0.39 is 0 Å². The second kappa shape index (κ2) is 9.12. The molecule has 0 saturated heterocycles. The number of unbranched alkanes of at least 4 members (excludes halogenated alkanes) is 1. The minimum Gasteiger partial charge on any atom is -0.320 e. The summed E-state index contributed by atoms with van der Waals surface area (Å²) < 4.78 is 0. The normalized spacial score (nSPS) is 11.9. The van der Waals surface area contributed by atoms with Gasteiger partial charge in [0, 0.05) is 12.5 Å². The maximum Gasteiger partial charge on any atom is 0.234 e. The summed E-state index contributed by atoms with van der Waals surface area (Å²) in [6.07, 6.45) is 4.13. The highest BCUT2D eigenvalue weighted by Crippen LogP contribution is 1.98. The predicted molar refractivity (Wildman–Crippen MR) is 67.9 cm³/mol. The molecule has 4 heteroatoms. The minimum atomic E-state index is 0.0127. The van der Waals surface area contributed by atoms with Crippen LogP contribution in [0.2, 0.25) is 0 Å².